The lowest BCUT2D eigenvalue weighted by Gasteiger charge is -2.32. The van der Waals surface area contributed by atoms with Crippen LogP contribution in [0.25, 0.3) is 0 Å². The highest BCUT2D eigenvalue weighted by Crippen LogP contribution is 2.45. The molecule has 0 N–H and O–H groups in total. The maximum atomic E-state index is 13.4. The normalized spacial score (nSPS) is 26.9. The Morgan fingerprint density at radius 2 is 1.89 bits per heavy atom. The fourth-order valence-electron chi connectivity index (χ4n) is 2.07. The molecule has 94 valence electrons. The van der Waals surface area contributed by atoms with Gasteiger partial charge in [-0.2, -0.15) is 0 Å². The molecule has 1 aromatic carbocycles. The number of carbonyl (C=O) groups excluding carboxylic acids is 1. The van der Waals surface area contributed by atoms with Gasteiger partial charge in [-0.25, -0.2) is 8.78 Å². The third kappa shape index (κ3) is 2.29. The summed E-state index contributed by atoms with van der Waals surface area (Å²) in [6, 6.07) is 5.67. The van der Waals surface area contributed by atoms with Crippen LogP contribution in [0.15, 0.2) is 48.3 Å². The number of hydrogen-bond acceptors (Lipinski definition) is 1. The van der Waals surface area contributed by atoms with E-state index in [1.54, 1.807) is 12.1 Å². The number of alkyl halides is 1. The van der Waals surface area contributed by atoms with Crippen molar-refractivity contribution < 1.29 is 13.6 Å². The minimum Gasteiger partial charge on any atom is -0.299 e. The second kappa shape index (κ2) is 4.76. The van der Waals surface area contributed by atoms with Gasteiger partial charge in [0.15, 0.2) is 0 Å². The van der Waals surface area contributed by atoms with Crippen molar-refractivity contribution in [1.82, 2.24) is 0 Å². The molecular weight excluding hydrogens is 302 g/mol. The van der Waals surface area contributed by atoms with E-state index in [0.29, 0.717) is 5.56 Å². The predicted molar refractivity (Wildman–Crippen MR) is 69.5 cm³/mol. The number of ketones is 1. The highest BCUT2D eigenvalue weighted by Gasteiger charge is 2.39. The molecule has 0 amide bonds. The highest BCUT2D eigenvalue weighted by molar-refractivity contribution is 9.09. The van der Waals surface area contributed by atoms with Crippen molar-refractivity contribution in [2.75, 3.05) is 0 Å². The number of benzene rings is 1. The lowest BCUT2D eigenvalue weighted by Crippen LogP contribution is -2.32. The Labute approximate surface area is 112 Å². The number of carbonyl (C=O) groups is 1. The van der Waals surface area contributed by atoms with E-state index >= 15 is 0 Å². The van der Waals surface area contributed by atoms with E-state index < -0.39 is 16.1 Å². The van der Waals surface area contributed by atoms with Crippen molar-refractivity contribution >= 4 is 21.7 Å². The van der Waals surface area contributed by atoms with Gasteiger partial charge in [0.05, 0.1) is 10.2 Å². The van der Waals surface area contributed by atoms with Gasteiger partial charge in [-0.05, 0) is 36.8 Å². The summed E-state index contributed by atoms with van der Waals surface area (Å²) in [5.41, 5.74) is 0.642. The maximum absolute atomic E-state index is 13.4. The first-order valence-electron chi connectivity index (χ1n) is 5.45. The second-order valence-corrected chi connectivity index (χ2v) is 5.56. The van der Waals surface area contributed by atoms with Crippen LogP contribution in [0, 0.1) is 11.7 Å². The second-order valence-electron chi connectivity index (χ2n) is 4.25. The summed E-state index contributed by atoms with van der Waals surface area (Å²) in [6.45, 7) is 1.45. The van der Waals surface area contributed by atoms with Crippen molar-refractivity contribution in [2.45, 2.75) is 11.2 Å². The third-order valence-electron chi connectivity index (χ3n) is 2.97. The van der Waals surface area contributed by atoms with Crippen molar-refractivity contribution in [2.24, 2.45) is 5.92 Å². The molecule has 0 saturated heterocycles. The van der Waals surface area contributed by atoms with Crippen LogP contribution in [0.5, 0.6) is 0 Å². The number of halogens is 3. The summed E-state index contributed by atoms with van der Waals surface area (Å²) < 4.78 is 25.4. The molecule has 1 nitrogen and oxygen atoms in total. The SMILES string of the molecule is CC(=O)C1C=CC(F)=CC1(Br)c1ccc(F)cc1. The van der Waals surface area contributed by atoms with E-state index in [0.717, 1.165) is 0 Å². The molecule has 4 heteroatoms. The first-order valence-corrected chi connectivity index (χ1v) is 6.25. The van der Waals surface area contributed by atoms with E-state index in [4.69, 9.17) is 0 Å². The molecule has 2 atom stereocenters. The van der Waals surface area contributed by atoms with E-state index in [9.17, 15) is 13.6 Å². The lowest BCUT2D eigenvalue weighted by molar-refractivity contribution is -0.119. The summed E-state index contributed by atoms with van der Waals surface area (Å²) in [6.07, 6.45) is 4.14. The van der Waals surface area contributed by atoms with Crippen LogP contribution in [0.3, 0.4) is 0 Å². The van der Waals surface area contributed by atoms with Gasteiger partial charge in [-0.3, -0.25) is 4.79 Å². The molecule has 0 radical (unpaired) electrons. The zero-order valence-electron chi connectivity index (χ0n) is 9.66. The Balaban J connectivity index is 2.52. The monoisotopic (exact) mass is 312 g/mol. The summed E-state index contributed by atoms with van der Waals surface area (Å²) in [4.78, 5) is 11.7. The fraction of sp³-hybridized carbons (Fsp3) is 0.214. The summed E-state index contributed by atoms with van der Waals surface area (Å²) in [7, 11) is 0. The van der Waals surface area contributed by atoms with Crippen LogP contribution in [0.1, 0.15) is 12.5 Å². The lowest BCUT2D eigenvalue weighted by atomic mass is 9.80. The van der Waals surface area contributed by atoms with Gasteiger partial charge in [-0.1, -0.05) is 34.1 Å². The zero-order valence-corrected chi connectivity index (χ0v) is 11.2. The summed E-state index contributed by atoms with van der Waals surface area (Å²) in [5.74, 6) is -1.39. The summed E-state index contributed by atoms with van der Waals surface area (Å²) >= 11 is 3.43. The van der Waals surface area contributed by atoms with E-state index in [-0.39, 0.29) is 11.6 Å². The smallest absolute Gasteiger partial charge is 0.138 e. The molecule has 2 rings (SSSR count). The molecule has 0 saturated carbocycles. The van der Waals surface area contributed by atoms with Crippen molar-refractivity contribution in [3.8, 4) is 0 Å². The molecule has 0 heterocycles. The van der Waals surface area contributed by atoms with Crippen LogP contribution < -0.4 is 0 Å². The largest absolute Gasteiger partial charge is 0.299 e. The molecule has 0 aromatic heterocycles. The molecule has 18 heavy (non-hydrogen) atoms. The molecule has 1 aliphatic carbocycles. The van der Waals surface area contributed by atoms with Crippen LogP contribution in [0.4, 0.5) is 8.78 Å². The Hall–Kier alpha value is -1.29. The van der Waals surface area contributed by atoms with Gasteiger partial charge in [0.2, 0.25) is 0 Å². The minimum atomic E-state index is -0.953. The van der Waals surface area contributed by atoms with Gasteiger partial charge in [-0.15, -0.1) is 0 Å². The number of hydrogen-bond donors (Lipinski definition) is 0. The van der Waals surface area contributed by atoms with E-state index in [1.807, 2.05) is 0 Å². The van der Waals surface area contributed by atoms with Crippen molar-refractivity contribution in [1.29, 1.82) is 0 Å². The van der Waals surface area contributed by atoms with Crippen molar-refractivity contribution in [3.05, 3.63) is 59.7 Å². The summed E-state index contributed by atoms with van der Waals surface area (Å²) in [5, 5.41) is 0. The maximum Gasteiger partial charge on any atom is 0.138 e. The molecule has 1 aromatic rings. The molecular formula is C14H11BrF2O. The van der Waals surface area contributed by atoms with Crippen molar-refractivity contribution in [3.63, 3.8) is 0 Å². The van der Waals surface area contributed by atoms with Gasteiger partial charge in [0, 0.05) is 0 Å². The van der Waals surface area contributed by atoms with Crippen LogP contribution in [-0.4, -0.2) is 5.78 Å². The Morgan fingerprint density at radius 3 is 2.44 bits per heavy atom. The Kier molecular flexibility index (Phi) is 3.48. The number of rotatable bonds is 2. The highest BCUT2D eigenvalue weighted by atomic mass is 79.9. The van der Waals surface area contributed by atoms with Gasteiger partial charge < -0.3 is 0 Å². The van der Waals surface area contributed by atoms with Crippen LogP contribution in [-0.2, 0) is 9.12 Å². The average Bonchev–Trinajstić information content (AvgIpc) is 2.28. The first-order chi connectivity index (χ1) is 8.43. The standard InChI is InChI=1S/C14H11BrF2O/c1-9(18)13-7-6-12(17)8-14(13,15)10-2-4-11(16)5-3-10/h2-8,13H,1H3. The van der Waals surface area contributed by atoms with Crippen LogP contribution >= 0.6 is 15.9 Å². The third-order valence-corrected chi connectivity index (χ3v) is 4.15. The number of Topliss-reactive ketones (excluding diaryl/α,β-unsaturated/α-hetero) is 1. The number of allylic oxidation sites excluding steroid dienone is 4. The minimum absolute atomic E-state index is 0.0869. The molecule has 0 aliphatic heterocycles. The molecule has 0 fully saturated rings. The first kappa shape index (κ1) is 13.1. The Bertz CT molecular complexity index is 533. The van der Waals surface area contributed by atoms with E-state index in [1.165, 1.54) is 37.3 Å². The van der Waals surface area contributed by atoms with Gasteiger partial charge in [0.1, 0.15) is 17.4 Å². The molecule has 2 unspecified atom stereocenters. The average molecular weight is 313 g/mol. The van der Waals surface area contributed by atoms with Crippen LogP contribution in [0.2, 0.25) is 0 Å². The molecule has 0 bridgehead atoms. The van der Waals surface area contributed by atoms with Gasteiger partial charge >= 0.3 is 0 Å². The molecule has 0 spiro atoms. The quantitative estimate of drug-likeness (QED) is 0.753. The Morgan fingerprint density at radius 1 is 1.28 bits per heavy atom. The fourth-order valence-corrected chi connectivity index (χ4v) is 3.02. The topological polar surface area (TPSA) is 17.1 Å². The molecule has 1 aliphatic rings. The van der Waals surface area contributed by atoms with E-state index in [2.05, 4.69) is 15.9 Å². The van der Waals surface area contributed by atoms with Gasteiger partial charge in [0.25, 0.3) is 0 Å². The zero-order chi connectivity index (χ0) is 13.3. The predicted octanol–water partition coefficient (Wildman–Crippen LogP) is 4.04.